The quantitative estimate of drug-likeness (QED) is 0.349. The van der Waals surface area contributed by atoms with Gasteiger partial charge in [0, 0.05) is 11.8 Å². The third-order valence-corrected chi connectivity index (χ3v) is 4.80. The van der Waals surface area contributed by atoms with Crippen molar-refractivity contribution in [3.8, 4) is 0 Å². The summed E-state index contributed by atoms with van der Waals surface area (Å²) in [7, 11) is 0. The molecule has 0 aliphatic rings. The van der Waals surface area contributed by atoms with Crippen LogP contribution in [-0.2, 0) is 27.4 Å². The molecule has 2 atom stereocenters. The van der Waals surface area contributed by atoms with Crippen LogP contribution in [0.2, 0.25) is 0 Å². The van der Waals surface area contributed by atoms with Gasteiger partial charge in [0.1, 0.15) is 17.6 Å². The van der Waals surface area contributed by atoms with E-state index in [1.807, 2.05) is 0 Å². The number of benzene rings is 1. The SMILES string of the molecule is CC(C)(C)OC(=O)N(Cc1ccccn1)Cc1ccccc1C(=O)C(C[C@H](N)C(=O)O)C(=O)O. The summed E-state index contributed by atoms with van der Waals surface area (Å²) >= 11 is 0. The predicted molar refractivity (Wildman–Crippen MR) is 122 cm³/mol. The Labute approximate surface area is 197 Å². The van der Waals surface area contributed by atoms with Gasteiger partial charge in [-0.25, -0.2) is 4.79 Å². The van der Waals surface area contributed by atoms with Gasteiger partial charge in [-0.3, -0.25) is 24.3 Å². The average molecular weight is 472 g/mol. The zero-order valence-electron chi connectivity index (χ0n) is 19.3. The highest BCUT2D eigenvalue weighted by Gasteiger charge is 2.33. The van der Waals surface area contributed by atoms with Gasteiger partial charge < -0.3 is 20.7 Å². The van der Waals surface area contributed by atoms with Gasteiger partial charge in [0.25, 0.3) is 0 Å². The lowest BCUT2D eigenvalue weighted by Gasteiger charge is -2.28. The van der Waals surface area contributed by atoms with Gasteiger partial charge in [0.2, 0.25) is 0 Å². The van der Waals surface area contributed by atoms with E-state index < -0.39 is 47.8 Å². The highest BCUT2D eigenvalue weighted by atomic mass is 16.6. The molecule has 34 heavy (non-hydrogen) atoms. The summed E-state index contributed by atoms with van der Waals surface area (Å²) in [6, 6.07) is 9.98. The maximum absolute atomic E-state index is 13.1. The molecule has 10 heteroatoms. The number of nitrogens with zero attached hydrogens (tertiary/aromatic N) is 2. The molecule has 0 bridgehead atoms. The van der Waals surface area contributed by atoms with Crippen molar-refractivity contribution in [1.82, 2.24) is 9.88 Å². The molecule has 4 N–H and O–H groups in total. The van der Waals surface area contributed by atoms with Crippen LogP contribution in [0.15, 0.2) is 48.7 Å². The number of pyridine rings is 1. The monoisotopic (exact) mass is 471 g/mol. The number of carbonyl (C=O) groups is 4. The number of aliphatic carboxylic acids is 2. The third-order valence-electron chi connectivity index (χ3n) is 4.80. The fourth-order valence-electron chi connectivity index (χ4n) is 3.17. The van der Waals surface area contributed by atoms with Gasteiger partial charge in [-0.2, -0.15) is 0 Å². The Balaban J connectivity index is 2.38. The van der Waals surface area contributed by atoms with Crippen molar-refractivity contribution in [3.05, 3.63) is 65.5 Å². The molecule has 1 aromatic heterocycles. The summed E-state index contributed by atoms with van der Waals surface area (Å²) in [5.41, 5.74) is 5.74. The zero-order chi connectivity index (χ0) is 25.5. The molecule has 2 rings (SSSR count). The standard InChI is InChI=1S/C24H29N3O7/c1-24(2,3)34-23(33)27(14-16-9-6-7-11-26-16)13-15-8-4-5-10-17(15)20(28)18(21(29)30)12-19(25)22(31)32/h4-11,18-19H,12-14,25H2,1-3H3,(H,29,30)(H,31,32)/t18?,19-/m0/s1. The van der Waals surface area contributed by atoms with Gasteiger partial charge in [0.15, 0.2) is 5.78 Å². The summed E-state index contributed by atoms with van der Waals surface area (Å²) in [5.74, 6) is -5.33. The van der Waals surface area contributed by atoms with Crippen LogP contribution in [0.25, 0.3) is 0 Å². The lowest BCUT2D eigenvalue weighted by molar-refractivity contribution is -0.142. The smallest absolute Gasteiger partial charge is 0.410 e. The number of nitrogens with two attached hydrogens (primary N) is 1. The zero-order valence-corrected chi connectivity index (χ0v) is 19.3. The van der Waals surface area contributed by atoms with Crippen LogP contribution in [0, 0.1) is 5.92 Å². The first-order chi connectivity index (χ1) is 15.9. The van der Waals surface area contributed by atoms with Crippen LogP contribution in [-0.4, -0.2) is 55.6 Å². The molecule has 1 heterocycles. The van der Waals surface area contributed by atoms with Crippen LogP contribution >= 0.6 is 0 Å². The summed E-state index contributed by atoms with van der Waals surface area (Å²) in [5, 5.41) is 18.6. The fraction of sp³-hybridized carbons (Fsp3) is 0.375. The second-order valence-electron chi connectivity index (χ2n) is 8.75. The van der Waals surface area contributed by atoms with E-state index in [0.29, 0.717) is 11.3 Å². The van der Waals surface area contributed by atoms with E-state index in [-0.39, 0.29) is 18.7 Å². The summed E-state index contributed by atoms with van der Waals surface area (Å²) < 4.78 is 5.51. The summed E-state index contributed by atoms with van der Waals surface area (Å²) in [6.45, 7) is 5.20. The second kappa shape index (κ2) is 11.4. The Morgan fingerprint density at radius 2 is 1.65 bits per heavy atom. The topological polar surface area (TPSA) is 160 Å². The first-order valence-corrected chi connectivity index (χ1v) is 10.6. The van der Waals surface area contributed by atoms with Crippen molar-refractivity contribution in [1.29, 1.82) is 0 Å². The average Bonchev–Trinajstić information content (AvgIpc) is 2.76. The molecule has 10 nitrogen and oxygen atoms in total. The van der Waals surface area contributed by atoms with Crippen LogP contribution in [0.5, 0.6) is 0 Å². The lowest BCUT2D eigenvalue weighted by atomic mass is 9.89. The molecular formula is C24H29N3O7. The molecule has 0 radical (unpaired) electrons. The minimum atomic E-state index is -1.65. The number of hydrogen-bond donors (Lipinski definition) is 3. The Morgan fingerprint density at radius 3 is 2.21 bits per heavy atom. The molecule has 2 aromatic rings. The van der Waals surface area contributed by atoms with E-state index in [4.69, 9.17) is 15.6 Å². The van der Waals surface area contributed by atoms with Crippen LogP contribution in [0.3, 0.4) is 0 Å². The summed E-state index contributed by atoms with van der Waals surface area (Å²) in [4.78, 5) is 54.5. The summed E-state index contributed by atoms with van der Waals surface area (Å²) in [6.07, 6.45) is 0.383. The van der Waals surface area contributed by atoms with Gasteiger partial charge in [0.05, 0.1) is 18.8 Å². The predicted octanol–water partition coefficient (Wildman–Crippen LogP) is 2.70. The molecular weight excluding hydrogens is 442 g/mol. The van der Waals surface area contributed by atoms with Crippen molar-refractivity contribution < 1.29 is 34.1 Å². The Morgan fingerprint density at radius 1 is 1.00 bits per heavy atom. The number of ketones is 1. The molecule has 0 aliphatic heterocycles. The van der Waals surface area contributed by atoms with Crippen molar-refractivity contribution in [2.75, 3.05) is 0 Å². The van der Waals surface area contributed by atoms with E-state index in [1.54, 1.807) is 63.4 Å². The first-order valence-electron chi connectivity index (χ1n) is 10.6. The van der Waals surface area contributed by atoms with Crippen molar-refractivity contribution in [3.63, 3.8) is 0 Å². The molecule has 182 valence electrons. The molecule has 1 aromatic carbocycles. The maximum atomic E-state index is 13.1. The van der Waals surface area contributed by atoms with Crippen LogP contribution in [0.1, 0.15) is 48.8 Å². The third kappa shape index (κ3) is 7.66. The van der Waals surface area contributed by atoms with Crippen molar-refractivity contribution in [2.45, 2.75) is 51.9 Å². The van der Waals surface area contributed by atoms with Crippen molar-refractivity contribution >= 4 is 23.8 Å². The largest absolute Gasteiger partial charge is 0.481 e. The van der Waals surface area contributed by atoms with Gasteiger partial charge in [-0.05, 0) is 44.9 Å². The maximum Gasteiger partial charge on any atom is 0.410 e. The van der Waals surface area contributed by atoms with Crippen LogP contribution in [0.4, 0.5) is 4.79 Å². The Hall–Kier alpha value is -3.79. The minimum Gasteiger partial charge on any atom is -0.481 e. The lowest BCUT2D eigenvalue weighted by Crippen LogP contribution is -2.38. The second-order valence-corrected chi connectivity index (χ2v) is 8.75. The van der Waals surface area contributed by atoms with E-state index in [0.717, 1.165) is 0 Å². The highest BCUT2D eigenvalue weighted by molar-refractivity contribution is 6.09. The van der Waals surface area contributed by atoms with E-state index in [1.165, 1.54) is 11.0 Å². The number of ether oxygens (including phenoxy) is 1. The number of hydrogen-bond acceptors (Lipinski definition) is 7. The number of amides is 1. The van der Waals surface area contributed by atoms with E-state index >= 15 is 0 Å². The first kappa shape index (κ1) is 26.5. The normalized spacial score (nSPS) is 12.9. The minimum absolute atomic E-state index is 0.0575. The molecule has 0 spiro atoms. The number of aromatic nitrogens is 1. The highest BCUT2D eigenvalue weighted by Crippen LogP contribution is 2.22. The number of rotatable bonds is 10. The van der Waals surface area contributed by atoms with Crippen LogP contribution < -0.4 is 5.73 Å². The Bertz CT molecular complexity index is 1030. The molecule has 1 unspecified atom stereocenters. The molecule has 0 aliphatic carbocycles. The number of Topliss-reactive ketones (excluding diaryl/α,β-unsaturated/α-hetero) is 1. The Kier molecular flexibility index (Phi) is 8.85. The molecule has 1 amide bonds. The molecule has 0 saturated heterocycles. The number of carboxylic acid groups (broad SMARTS) is 2. The van der Waals surface area contributed by atoms with Gasteiger partial charge in [-0.15, -0.1) is 0 Å². The van der Waals surface area contributed by atoms with Gasteiger partial charge in [-0.1, -0.05) is 30.3 Å². The molecule has 0 fully saturated rings. The van der Waals surface area contributed by atoms with Gasteiger partial charge >= 0.3 is 18.0 Å². The van der Waals surface area contributed by atoms with Crippen molar-refractivity contribution in [2.24, 2.45) is 11.7 Å². The van der Waals surface area contributed by atoms with E-state index in [9.17, 15) is 24.3 Å². The van der Waals surface area contributed by atoms with E-state index in [2.05, 4.69) is 4.98 Å². The molecule has 0 saturated carbocycles. The number of carboxylic acids is 2. The number of carbonyl (C=O) groups excluding carboxylic acids is 2. The fourth-order valence-corrected chi connectivity index (χ4v) is 3.17.